The first-order chi connectivity index (χ1) is 13.6. The van der Waals surface area contributed by atoms with Gasteiger partial charge in [0, 0.05) is 24.6 Å². The molecule has 1 fully saturated rings. The van der Waals surface area contributed by atoms with Gasteiger partial charge in [-0.3, -0.25) is 4.79 Å². The summed E-state index contributed by atoms with van der Waals surface area (Å²) in [7, 11) is 0. The lowest BCUT2D eigenvalue weighted by Crippen LogP contribution is -2.46. The van der Waals surface area contributed by atoms with Crippen LogP contribution in [0.4, 0.5) is 5.69 Å². The maximum atomic E-state index is 12.8. The molecule has 0 radical (unpaired) electrons. The highest BCUT2D eigenvalue weighted by Gasteiger charge is 2.42. The lowest BCUT2D eigenvalue weighted by atomic mass is 9.94. The standard InChI is InChI=1S/C22H23NO5/c1-14-20(26-17-8-4-3-7-16(17)25-14)21(24)23-15-9-10-18-19(13-15)28-22(27-18)11-5-2-6-12-22/h3-4,7-10,13-14,20H,2,5-6,11-12H2,1H3,(H,23,24)/t14-,20-/m0/s1. The van der Waals surface area contributed by atoms with Gasteiger partial charge < -0.3 is 24.3 Å². The first-order valence-corrected chi connectivity index (χ1v) is 9.87. The van der Waals surface area contributed by atoms with E-state index in [2.05, 4.69) is 5.32 Å². The lowest BCUT2D eigenvalue weighted by Gasteiger charge is -2.31. The minimum Gasteiger partial charge on any atom is -0.482 e. The maximum Gasteiger partial charge on any atom is 0.269 e. The van der Waals surface area contributed by atoms with Crippen molar-refractivity contribution in [3.05, 3.63) is 42.5 Å². The smallest absolute Gasteiger partial charge is 0.269 e. The predicted molar refractivity (Wildman–Crippen MR) is 103 cm³/mol. The summed E-state index contributed by atoms with van der Waals surface area (Å²) >= 11 is 0. The number of nitrogens with one attached hydrogen (secondary N) is 1. The van der Waals surface area contributed by atoms with E-state index in [0.29, 0.717) is 22.9 Å². The number of amides is 1. The second-order valence-corrected chi connectivity index (χ2v) is 7.63. The Labute approximate surface area is 163 Å². The van der Waals surface area contributed by atoms with Crippen molar-refractivity contribution in [2.45, 2.75) is 57.0 Å². The quantitative estimate of drug-likeness (QED) is 0.841. The number of fused-ring (bicyclic) bond motifs is 2. The Bertz CT molecular complexity index is 906. The number of rotatable bonds is 2. The maximum absolute atomic E-state index is 12.8. The Hall–Kier alpha value is -2.89. The summed E-state index contributed by atoms with van der Waals surface area (Å²) in [6.45, 7) is 1.83. The number of carbonyl (C=O) groups is 1. The Balaban J connectivity index is 1.30. The van der Waals surface area contributed by atoms with Crippen LogP contribution in [0.15, 0.2) is 42.5 Å². The first kappa shape index (κ1) is 17.2. The van der Waals surface area contributed by atoms with Crippen molar-refractivity contribution in [2.75, 3.05) is 5.32 Å². The van der Waals surface area contributed by atoms with Gasteiger partial charge in [-0.05, 0) is 44.0 Å². The molecule has 2 heterocycles. The Morgan fingerprint density at radius 2 is 1.64 bits per heavy atom. The third-order valence-electron chi connectivity index (χ3n) is 5.52. The topological polar surface area (TPSA) is 66.0 Å². The van der Waals surface area contributed by atoms with Crippen molar-refractivity contribution in [1.82, 2.24) is 0 Å². The Morgan fingerprint density at radius 3 is 2.43 bits per heavy atom. The van der Waals surface area contributed by atoms with Gasteiger partial charge in [0.2, 0.25) is 6.10 Å². The number of ether oxygens (including phenoxy) is 4. The molecule has 2 atom stereocenters. The summed E-state index contributed by atoms with van der Waals surface area (Å²) in [4.78, 5) is 12.8. The molecule has 146 valence electrons. The zero-order valence-corrected chi connectivity index (χ0v) is 15.8. The third-order valence-corrected chi connectivity index (χ3v) is 5.52. The van der Waals surface area contributed by atoms with Crippen LogP contribution in [0.25, 0.3) is 0 Å². The fraction of sp³-hybridized carbons (Fsp3) is 0.409. The highest BCUT2D eigenvalue weighted by atomic mass is 16.7. The van der Waals surface area contributed by atoms with Gasteiger partial charge in [-0.15, -0.1) is 0 Å². The minimum atomic E-state index is -0.731. The van der Waals surface area contributed by atoms with Gasteiger partial charge in [0.25, 0.3) is 11.7 Å². The highest BCUT2D eigenvalue weighted by Crippen LogP contribution is 2.46. The van der Waals surface area contributed by atoms with Crippen LogP contribution in [0.1, 0.15) is 39.0 Å². The predicted octanol–water partition coefficient (Wildman–Crippen LogP) is 4.29. The second-order valence-electron chi connectivity index (χ2n) is 7.63. The van der Waals surface area contributed by atoms with Crippen LogP contribution in [0.5, 0.6) is 23.0 Å². The van der Waals surface area contributed by atoms with Crippen molar-refractivity contribution in [1.29, 1.82) is 0 Å². The molecule has 2 aromatic carbocycles. The molecule has 0 unspecified atom stereocenters. The van der Waals surface area contributed by atoms with E-state index in [1.165, 1.54) is 6.42 Å². The minimum absolute atomic E-state index is 0.256. The third kappa shape index (κ3) is 3.03. The van der Waals surface area contributed by atoms with Crippen molar-refractivity contribution in [2.24, 2.45) is 0 Å². The van der Waals surface area contributed by atoms with Crippen LogP contribution < -0.4 is 24.3 Å². The van der Waals surface area contributed by atoms with Crippen molar-refractivity contribution >= 4 is 11.6 Å². The van der Waals surface area contributed by atoms with Gasteiger partial charge in [0.15, 0.2) is 23.0 Å². The average molecular weight is 381 g/mol. The molecule has 3 aliphatic rings. The summed E-state index contributed by atoms with van der Waals surface area (Å²) in [6.07, 6.45) is 4.10. The average Bonchev–Trinajstić information content (AvgIpc) is 3.04. The van der Waals surface area contributed by atoms with Gasteiger partial charge in [0.1, 0.15) is 6.10 Å². The molecule has 1 amide bonds. The number of benzene rings is 2. The van der Waals surface area contributed by atoms with E-state index < -0.39 is 18.0 Å². The van der Waals surface area contributed by atoms with Crippen LogP contribution in [-0.4, -0.2) is 23.9 Å². The van der Waals surface area contributed by atoms with Gasteiger partial charge >= 0.3 is 0 Å². The van der Waals surface area contributed by atoms with Crippen molar-refractivity contribution < 1.29 is 23.7 Å². The fourth-order valence-electron chi connectivity index (χ4n) is 4.09. The number of hydrogen-bond donors (Lipinski definition) is 1. The lowest BCUT2D eigenvalue weighted by molar-refractivity contribution is -0.128. The number of para-hydroxylation sites is 2. The van der Waals surface area contributed by atoms with Crippen LogP contribution in [0.3, 0.4) is 0 Å². The molecule has 1 saturated carbocycles. The van der Waals surface area contributed by atoms with E-state index in [9.17, 15) is 4.79 Å². The second kappa shape index (κ2) is 6.62. The van der Waals surface area contributed by atoms with E-state index in [0.717, 1.165) is 31.4 Å². The van der Waals surface area contributed by atoms with Crippen LogP contribution in [-0.2, 0) is 4.79 Å². The first-order valence-electron chi connectivity index (χ1n) is 9.87. The van der Waals surface area contributed by atoms with Gasteiger partial charge in [0.05, 0.1) is 0 Å². The van der Waals surface area contributed by atoms with Gasteiger partial charge in [-0.25, -0.2) is 0 Å². The summed E-state index contributed by atoms with van der Waals surface area (Å²) in [5.74, 6) is 1.86. The molecule has 1 N–H and O–H groups in total. The van der Waals surface area contributed by atoms with Crippen molar-refractivity contribution in [3.63, 3.8) is 0 Å². The van der Waals surface area contributed by atoms with E-state index in [1.54, 1.807) is 6.07 Å². The largest absolute Gasteiger partial charge is 0.482 e. The molecule has 0 aromatic heterocycles. The van der Waals surface area contributed by atoms with E-state index in [-0.39, 0.29) is 5.91 Å². The summed E-state index contributed by atoms with van der Waals surface area (Å²) in [5, 5.41) is 2.91. The van der Waals surface area contributed by atoms with E-state index in [1.807, 2.05) is 43.3 Å². The Morgan fingerprint density at radius 1 is 0.929 bits per heavy atom. The summed E-state index contributed by atoms with van der Waals surface area (Å²) in [6, 6.07) is 12.9. The molecule has 0 bridgehead atoms. The fourth-order valence-corrected chi connectivity index (χ4v) is 4.09. The van der Waals surface area contributed by atoms with Gasteiger partial charge in [-0.2, -0.15) is 0 Å². The summed E-state index contributed by atoms with van der Waals surface area (Å²) in [5.41, 5.74) is 0.648. The monoisotopic (exact) mass is 381 g/mol. The zero-order chi connectivity index (χ0) is 19.1. The number of anilines is 1. The summed E-state index contributed by atoms with van der Waals surface area (Å²) < 4.78 is 23.9. The molecule has 6 heteroatoms. The highest BCUT2D eigenvalue weighted by molar-refractivity contribution is 5.95. The molecule has 2 aliphatic heterocycles. The number of carbonyl (C=O) groups excluding carboxylic acids is 1. The van der Waals surface area contributed by atoms with Crippen LogP contribution >= 0.6 is 0 Å². The molecule has 5 rings (SSSR count). The number of hydrogen-bond acceptors (Lipinski definition) is 5. The Kier molecular flexibility index (Phi) is 4.07. The normalized spacial score (nSPS) is 24.0. The van der Waals surface area contributed by atoms with Crippen LogP contribution in [0, 0.1) is 0 Å². The van der Waals surface area contributed by atoms with E-state index in [4.69, 9.17) is 18.9 Å². The molecule has 1 spiro atoms. The SMILES string of the molecule is C[C@@H]1Oc2ccccc2O[C@@H]1C(=O)Nc1ccc2c(c1)OC1(CCCCC1)O2. The molecular formula is C22H23NO5. The van der Waals surface area contributed by atoms with Crippen LogP contribution in [0.2, 0.25) is 0 Å². The van der Waals surface area contributed by atoms with E-state index >= 15 is 0 Å². The van der Waals surface area contributed by atoms with Gasteiger partial charge in [-0.1, -0.05) is 18.6 Å². The molecule has 6 nitrogen and oxygen atoms in total. The molecule has 0 saturated heterocycles. The zero-order valence-electron chi connectivity index (χ0n) is 15.8. The molecular weight excluding hydrogens is 358 g/mol. The van der Waals surface area contributed by atoms with Crippen molar-refractivity contribution in [3.8, 4) is 23.0 Å². The molecule has 28 heavy (non-hydrogen) atoms. The molecule has 1 aliphatic carbocycles. The molecule has 2 aromatic rings.